The smallest absolute Gasteiger partial charge is 0.339 e. The van der Waals surface area contributed by atoms with Crippen LogP contribution in [0, 0.1) is 6.92 Å². The Bertz CT molecular complexity index is 785. The summed E-state index contributed by atoms with van der Waals surface area (Å²) in [6, 6.07) is 18.1. The van der Waals surface area contributed by atoms with Crippen LogP contribution in [0.3, 0.4) is 0 Å². The molecule has 3 rings (SSSR count). The van der Waals surface area contributed by atoms with Gasteiger partial charge in [-0.05, 0) is 51.7 Å². The molecule has 1 aliphatic heterocycles. The molecule has 0 aromatic heterocycles. The highest BCUT2D eigenvalue weighted by atomic mass is 16.6. The lowest BCUT2D eigenvalue weighted by molar-refractivity contribution is -0.162. The maximum absolute atomic E-state index is 13.1. The van der Waals surface area contributed by atoms with Crippen LogP contribution in [0.15, 0.2) is 59.6 Å². The lowest BCUT2D eigenvalue weighted by atomic mass is 9.87. The molecule has 2 aromatic rings. The molecule has 0 spiro atoms. The first-order chi connectivity index (χ1) is 11.8. The first kappa shape index (κ1) is 17.4. The Kier molecular flexibility index (Phi) is 4.51. The highest BCUT2D eigenvalue weighted by Crippen LogP contribution is 2.40. The molecule has 3 nitrogen and oxygen atoms in total. The highest BCUT2D eigenvalue weighted by Gasteiger charge is 2.46. The molecule has 0 aliphatic carbocycles. The molecule has 130 valence electrons. The van der Waals surface area contributed by atoms with E-state index in [1.54, 1.807) is 0 Å². The van der Waals surface area contributed by atoms with Crippen LogP contribution < -0.4 is 0 Å². The maximum atomic E-state index is 13.1. The van der Waals surface area contributed by atoms with Crippen LogP contribution in [0.25, 0.3) is 0 Å². The van der Waals surface area contributed by atoms with Crippen LogP contribution in [0.2, 0.25) is 0 Å². The second-order valence-corrected chi connectivity index (χ2v) is 7.65. The summed E-state index contributed by atoms with van der Waals surface area (Å²) in [5.41, 5.74) is 2.66. The fourth-order valence-corrected chi connectivity index (χ4v) is 3.15. The van der Waals surface area contributed by atoms with Crippen LogP contribution in [0.5, 0.6) is 0 Å². The van der Waals surface area contributed by atoms with Gasteiger partial charge < -0.3 is 4.74 Å². The average molecular weight is 335 g/mol. The number of aliphatic imine (C=N–C) groups is 1. The summed E-state index contributed by atoms with van der Waals surface area (Å²) in [4.78, 5) is 18.0. The number of ether oxygens (including phenoxy) is 1. The summed E-state index contributed by atoms with van der Waals surface area (Å²) < 4.78 is 5.74. The predicted molar refractivity (Wildman–Crippen MR) is 101 cm³/mol. The van der Waals surface area contributed by atoms with E-state index in [9.17, 15) is 4.79 Å². The monoisotopic (exact) mass is 335 g/mol. The number of esters is 1. The van der Waals surface area contributed by atoms with E-state index in [0.29, 0.717) is 6.42 Å². The lowest BCUT2D eigenvalue weighted by Crippen LogP contribution is -2.38. The predicted octanol–water partition coefficient (Wildman–Crippen LogP) is 4.82. The zero-order valence-electron chi connectivity index (χ0n) is 15.4. The van der Waals surface area contributed by atoms with Crippen molar-refractivity contribution in [3.8, 4) is 0 Å². The summed E-state index contributed by atoms with van der Waals surface area (Å²) in [6.45, 7) is 7.74. The van der Waals surface area contributed by atoms with E-state index >= 15 is 0 Å². The van der Waals surface area contributed by atoms with Crippen LogP contribution in [0.1, 0.15) is 50.3 Å². The van der Waals surface area contributed by atoms with Crippen molar-refractivity contribution < 1.29 is 9.53 Å². The summed E-state index contributed by atoms with van der Waals surface area (Å²) in [5, 5.41) is 0. The van der Waals surface area contributed by atoms with Gasteiger partial charge in [-0.3, -0.25) is 4.99 Å². The van der Waals surface area contributed by atoms with E-state index in [0.717, 1.165) is 23.3 Å². The molecular formula is C22H25NO2. The Morgan fingerprint density at radius 1 is 1.04 bits per heavy atom. The van der Waals surface area contributed by atoms with E-state index < -0.39 is 11.1 Å². The van der Waals surface area contributed by atoms with Crippen molar-refractivity contribution in [2.75, 3.05) is 0 Å². The van der Waals surface area contributed by atoms with Gasteiger partial charge in [-0.1, -0.05) is 60.2 Å². The average Bonchev–Trinajstić information content (AvgIpc) is 3.01. The third-order valence-corrected chi connectivity index (χ3v) is 4.42. The minimum absolute atomic E-state index is 0.270. The zero-order chi connectivity index (χ0) is 18.1. The molecule has 0 saturated heterocycles. The normalized spacial score (nSPS) is 20.2. The fourth-order valence-electron chi connectivity index (χ4n) is 3.15. The second-order valence-electron chi connectivity index (χ2n) is 7.65. The molecular weight excluding hydrogens is 310 g/mol. The third-order valence-electron chi connectivity index (χ3n) is 4.42. The van der Waals surface area contributed by atoms with E-state index in [1.807, 2.05) is 51.1 Å². The molecule has 0 fully saturated rings. The summed E-state index contributed by atoms with van der Waals surface area (Å²) >= 11 is 0. The van der Waals surface area contributed by atoms with Gasteiger partial charge in [0.05, 0.1) is 0 Å². The Morgan fingerprint density at radius 3 is 2.28 bits per heavy atom. The van der Waals surface area contributed by atoms with Gasteiger partial charge in [-0.25, -0.2) is 4.79 Å². The topological polar surface area (TPSA) is 38.7 Å². The Morgan fingerprint density at radius 2 is 1.68 bits per heavy atom. The van der Waals surface area contributed by atoms with Gasteiger partial charge in [0.2, 0.25) is 0 Å². The molecule has 3 heteroatoms. The summed E-state index contributed by atoms with van der Waals surface area (Å²) in [7, 11) is 0. The number of nitrogens with zero attached hydrogens (tertiary/aromatic N) is 1. The van der Waals surface area contributed by atoms with E-state index in [1.165, 1.54) is 5.56 Å². The lowest BCUT2D eigenvalue weighted by Gasteiger charge is -2.29. The summed E-state index contributed by atoms with van der Waals surface area (Å²) in [5.74, 6) is -0.270. The highest BCUT2D eigenvalue weighted by molar-refractivity contribution is 6.05. The standard InChI is InChI=1S/C22H25NO2/c1-16-10-12-17(13-11-16)19-14-15-22(23-19,18-8-6-5-7-9-18)20(24)25-21(2,3)4/h5-13H,14-15H2,1-4H3/t22-/m1/s1. The molecule has 0 N–H and O–H groups in total. The number of aryl methyl sites for hydroxylation is 1. The van der Waals surface area contributed by atoms with Crippen molar-refractivity contribution in [3.05, 3.63) is 71.3 Å². The van der Waals surface area contributed by atoms with Gasteiger partial charge in [-0.2, -0.15) is 0 Å². The summed E-state index contributed by atoms with van der Waals surface area (Å²) in [6.07, 6.45) is 1.40. The van der Waals surface area contributed by atoms with Crippen LogP contribution in [-0.2, 0) is 15.1 Å². The first-order valence-corrected chi connectivity index (χ1v) is 8.75. The molecule has 1 heterocycles. The number of rotatable bonds is 3. The number of hydrogen-bond donors (Lipinski definition) is 0. The molecule has 2 aromatic carbocycles. The molecule has 0 bridgehead atoms. The van der Waals surface area contributed by atoms with Crippen molar-refractivity contribution in [1.82, 2.24) is 0 Å². The van der Waals surface area contributed by atoms with Crippen LogP contribution in [0.4, 0.5) is 0 Å². The fraction of sp³-hybridized carbons (Fsp3) is 0.364. The SMILES string of the molecule is Cc1ccc(C2=N[C@@](C(=O)OC(C)(C)C)(c3ccccc3)CC2)cc1. The van der Waals surface area contributed by atoms with Crippen molar-refractivity contribution in [1.29, 1.82) is 0 Å². The van der Waals surface area contributed by atoms with E-state index in [4.69, 9.17) is 9.73 Å². The van der Waals surface area contributed by atoms with Gasteiger partial charge in [0.1, 0.15) is 5.60 Å². The largest absolute Gasteiger partial charge is 0.458 e. The number of carbonyl (C=O) groups is 1. The van der Waals surface area contributed by atoms with Crippen molar-refractivity contribution in [2.45, 2.75) is 51.7 Å². The molecule has 0 amide bonds. The molecule has 25 heavy (non-hydrogen) atoms. The minimum Gasteiger partial charge on any atom is -0.458 e. The Hall–Kier alpha value is -2.42. The van der Waals surface area contributed by atoms with Gasteiger partial charge in [0.25, 0.3) is 0 Å². The van der Waals surface area contributed by atoms with Gasteiger partial charge in [0.15, 0.2) is 5.54 Å². The van der Waals surface area contributed by atoms with Crippen molar-refractivity contribution >= 4 is 11.7 Å². The minimum atomic E-state index is -0.950. The second kappa shape index (κ2) is 6.47. The molecule has 1 aliphatic rings. The van der Waals surface area contributed by atoms with Crippen LogP contribution >= 0.6 is 0 Å². The van der Waals surface area contributed by atoms with Crippen molar-refractivity contribution in [3.63, 3.8) is 0 Å². The number of hydrogen-bond acceptors (Lipinski definition) is 3. The van der Waals surface area contributed by atoms with E-state index in [-0.39, 0.29) is 5.97 Å². The van der Waals surface area contributed by atoms with Gasteiger partial charge in [-0.15, -0.1) is 0 Å². The number of benzene rings is 2. The number of carbonyl (C=O) groups excluding carboxylic acids is 1. The van der Waals surface area contributed by atoms with E-state index in [2.05, 4.69) is 31.2 Å². The van der Waals surface area contributed by atoms with Gasteiger partial charge in [0, 0.05) is 5.71 Å². The maximum Gasteiger partial charge on any atom is 0.339 e. The molecule has 0 radical (unpaired) electrons. The first-order valence-electron chi connectivity index (χ1n) is 8.75. The van der Waals surface area contributed by atoms with Crippen LogP contribution in [-0.4, -0.2) is 17.3 Å². The quantitative estimate of drug-likeness (QED) is 0.755. The molecule has 0 unspecified atom stereocenters. The zero-order valence-corrected chi connectivity index (χ0v) is 15.4. The Balaban J connectivity index is 2.04. The third kappa shape index (κ3) is 3.65. The van der Waals surface area contributed by atoms with Gasteiger partial charge >= 0.3 is 5.97 Å². The molecule has 1 atom stereocenters. The molecule has 0 saturated carbocycles. The van der Waals surface area contributed by atoms with Crippen molar-refractivity contribution in [2.24, 2.45) is 4.99 Å². The Labute approximate surface area is 149 Å².